The van der Waals surface area contributed by atoms with Crippen LogP contribution in [0.5, 0.6) is 0 Å². The van der Waals surface area contributed by atoms with Gasteiger partial charge in [-0.2, -0.15) is 0 Å². The summed E-state index contributed by atoms with van der Waals surface area (Å²) in [5.41, 5.74) is 0.754. The molecule has 0 saturated carbocycles. The van der Waals surface area contributed by atoms with Gasteiger partial charge in [0.15, 0.2) is 0 Å². The molecule has 0 unspecified atom stereocenters. The van der Waals surface area contributed by atoms with Gasteiger partial charge in [0.2, 0.25) is 5.78 Å². The zero-order valence-electron chi connectivity index (χ0n) is 7.84. The van der Waals surface area contributed by atoms with Crippen LogP contribution in [0.2, 0.25) is 0 Å². The van der Waals surface area contributed by atoms with Crippen molar-refractivity contribution in [3.63, 3.8) is 0 Å². The molecular formula is C11H5Br2IOS. The molecule has 0 N–H and O–H groups in total. The topological polar surface area (TPSA) is 17.1 Å². The number of carbonyl (C=O) groups excluding carboxylic acids is 1. The first-order chi connectivity index (χ1) is 7.59. The third-order valence-corrected chi connectivity index (χ3v) is 6.18. The Kier molecular flexibility index (Phi) is 4.21. The first-order valence-electron chi connectivity index (χ1n) is 4.33. The molecule has 2 aromatic rings. The highest BCUT2D eigenvalue weighted by atomic mass is 127. The lowest BCUT2D eigenvalue weighted by molar-refractivity contribution is 0.104. The van der Waals surface area contributed by atoms with Crippen LogP contribution in [-0.4, -0.2) is 5.78 Å². The fourth-order valence-corrected chi connectivity index (χ4v) is 3.86. The quantitative estimate of drug-likeness (QED) is 0.439. The number of rotatable bonds is 2. The van der Waals surface area contributed by atoms with Gasteiger partial charge in [-0.15, -0.1) is 11.3 Å². The van der Waals surface area contributed by atoms with Crippen LogP contribution in [-0.2, 0) is 0 Å². The van der Waals surface area contributed by atoms with Gasteiger partial charge in [0.1, 0.15) is 0 Å². The summed E-state index contributed by atoms with van der Waals surface area (Å²) in [7, 11) is 0. The maximum Gasteiger partial charge on any atom is 0.204 e. The summed E-state index contributed by atoms with van der Waals surface area (Å²) in [4.78, 5) is 12.9. The zero-order valence-corrected chi connectivity index (χ0v) is 14.0. The van der Waals surface area contributed by atoms with Crippen molar-refractivity contribution < 1.29 is 4.79 Å². The molecule has 5 heteroatoms. The van der Waals surface area contributed by atoms with Gasteiger partial charge in [-0.3, -0.25) is 4.79 Å². The fraction of sp³-hybridized carbons (Fsp3) is 0. The lowest BCUT2D eigenvalue weighted by atomic mass is 10.1. The van der Waals surface area contributed by atoms with Gasteiger partial charge in [0.25, 0.3) is 0 Å². The van der Waals surface area contributed by atoms with Gasteiger partial charge in [-0.25, -0.2) is 0 Å². The Morgan fingerprint density at radius 2 is 1.94 bits per heavy atom. The van der Waals surface area contributed by atoms with E-state index in [0.717, 1.165) is 22.3 Å². The number of benzene rings is 1. The van der Waals surface area contributed by atoms with E-state index < -0.39 is 0 Å². The molecule has 0 bridgehead atoms. The molecule has 0 aliphatic rings. The molecule has 16 heavy (non-hydrogen) atoms. The second-order valence-electron chi connectivity index (χ2n) is 3.04. The largest absolute Gasteiger partial charge is 0.288 e. The fourth-order valence-electron chi connectivity index (χ4n) is 1.24. The number of carbonyl (C=O) groups is 1. The number of hydrogen-bond acceptors (Lipinski definition) is 2. The van der Waals surface area contributed by atoms with Crippen molar-refractivity contribution in [1.29, 1.82) is 0 Å². The van der Waals surface area contributed by atoms with Crippen molar-refractivity contribution >= 4 is 71.6 Å². The predicted octanol–water partition coefficient (Wildman–Crippen LogP) is 5.11. The first-order valence-corrected chi connectivity index (χ1v) is 7.82. The summed E-state index contributed by atoms with van der Waals surface area (Å²) in [5, 5.41) is 0. The molecule has 2 rings (SSSR count). The first kappa shape index (κ1) is 12.7. The SMILES string of the molecule is O=C(c1cc(Br)c(Br)s1)c1ccccc1I. The highest BCUT2D eigenvalue weighted by molar-refractivity contribution is 14.1. The van der Waals surface area contributed by atoms with Gasteiger partial charge in [-0.1, -0.05) is 12.1 Å². The zero-order chi connectivity index (χ0) is 11.7. The molecular weight excluding hydrogens is 467 g/mol. The van der Waals surface area contributed by atoms with E-state index in [0.29, 0.717) is 0 Å². The normalized spacial score (nSPS) is 10.4. The molecule has 0 atom stereocenters. The maximum absolute atomic E-state index is 12.2. The van der Waals surface area contributed by atoms with Crippen LogP contribution >= 0.6 is 65.8 Å². The van der Waals surface area contributed by atoms with Crippen molar-refractivity contribution in [2.75, 3.05) is 0 Å². The summed E-state index contributed by atoms with van der Waals surface area (Å²) < 4.78 is 2.85. The molecule has 0 aliphatic carbocycles. The van der Waals surface area contributed by atoms with Gasteiger partial charge in [0.05, 0.1) is 8.66 Å². The molecule has 82 valence electrons. The highest BCUT2D eigenvalue weighted by Crippen LogP contribution is 2.33. The average Bonchev–Trinajstić information content (AvgIpc) is 2.59. The minimum absolute atomic E-state index is 0.0707. The van der Waals surface area contributed by atoms with E-state index in [1.807, 2.05) is 30.3 Å². The van der Waals surface area contributed by atoms with Crippen LogP contribution in [0.1, 0.15) is 15.2 Å². The van der Waals surface area contributed by atoms with E-state index in [2.05, 4.69) is 54.5 Å². The Morgan fingerprint density at radius 3 is 2.50 bits per heavy atom. The van der Waals surface area contributed by atoms with Crippen molar-refractivity contribution in [3.05, 3.63) is 52.6 Å². The molecule has 1 aromatic carbocycles. The molecule has 0 aliphatic heterocycles. The van der Waals surface area contributed by atoms with E-state index in [4.69, 9.17) is 0 Å². The van der Waals surface area contributed by atoms with Gasteiger partial charge in [0, 0.05) is 13.6 Å². The summed E-state index contributed by atoms with van der Waals surface area (Å²) in [6.07, 6.45) is 0. The second kappa shape index (κ2) is 5.29. The van der Waals surface area contributed by atoms with Crippen molar-refractivity contribution in [1.82, 2.24) is 0 Å². The van der Waals surface area contributed by atoms with Crippen LogP contribution in [0.25, 0.3) is 0 Å². The predicted molar refractivity (Wildman–Crippen MR) is 82.3 cm³/mol. The molecule has 0 radical (unpaired) electrons. The molecule has 0 saturated heterocycles. The second-order valence-corrected chi connectivity index (χ2v) is 7.43. The molecule has 0 spiro atoms. The van der Waals surface area contributed by atoms with Crippen LogP contribution in [0, 0.1) is 3.57 Å². The molecule has 0 amide bonds. The Balaban J connectivity index is 2.43. The van der Waals surface area contributed by atoms with E-state index in [1.165, 1.54) is 11.3 Å². The number of hydrogen-bond donors (Lipinski definition) is 0. The Labute approximate surface area is 128 Å². The minimum Gasteiger partial charge on any atom is -0.288 e. The number of ketones is 1. The van der Waals surface area contributed by atoms with E-state index in [1.54, 1.807) is 0 Å². The van der Waals surface area contributed by atoms with Gasteiger partial charge < -0.3 is 0 Å². The molecule has 1 nitrogen and oxygen atoms in total. The van der Waals surface area contributed by atoms with E-state index in [9.17, 15) is 4.79 Å². The lowest BCUT2D eigenvalue weighted by Crippen LogP contribution is -2.00. The Bertz CT molecular complexity index is 531. The third kappa shape index (κ3) is 2.57. The summed E-state index contributed by atoms with van der Waals surface area (Å²) in [6, 6.07) is 9.45. The number of thiophene rings is 1. The smallest absolute Gasteiger partial charge is 0.204 e. The summed E-state index contributed by atoms with van der Waals surface area (Å²) in [6.45, 7) is 0. The molecule has 1 aromatic heterocycles. The standard InChI is InChI=1S/C11H5Br2IOS/c12-7-5-9(16-11(7)13)10(15)6-3-1-2-4-8(6)14/h1-5H. The van der Waals surface area contributed by atoms with Crippen LogP contribution in [0.3, 0.4) is 0 Å². The lowest BCUT2D eigenvalue weighted by Gasteiger charge is -2.00. The van der Waals surface area contributed by atoms with Crippen LogP contribution < -0.4 is 0 Å². The minimum atomic E-state index is 0.0707. The average molecular weight is 472 g/mol. The van der Waals surface area contributed by atoms with Crippen molar-refractivity contribution in [2.24, 2.45) is 0 Å². The molecule has 1 heterocycles. The number of halogens is 3. The Morgan fingerprint density at radius 1 is 1.25 bits per heavy atom. The van der Waals surface area contributed by atoms with Crippen molar-refractivity contribution in [2.45, 2.75) is 0 Å². The maximum atomic E-state index is 12.2. The monoisotopic (exact) mass is 470 g/mol. The summed E-state index contributed by atoms with van der Waals surface area (Å²) in [5.74, 6) is 0.0707. The third-order valence-electron chi connectivity index (χ3n) is 1.99. The molecule has 0 fully saturated rings. The Hall–Kier alpha value is 0.280. The van der Waals surface area contributed by atoms with Crippen LogP contribution in [0.4, 0.5) is 0 Å². The van der Waals surface area contributed by atoms with E-state index >= 15 is 0 Å². The summed E-state index contributed by atoms with van der Waals surface area (Å²) >= 11 is 10.4. The van der Waals surface area contributed by atoms with Crippen molar-refractivity contribution in [3.8, 4) is 0 Å². The van der Waals surface area contributed by atoms with Gasteiger partial charge in [-0.05, 0) is 72.6 Å². The van der Waals surface area contributed by atoms with Gasteiger partial charge >= 0.3 is 0 Å². The highest BCUT2D eigenvalue weighted by Gasteiger charge is 2.15. The van der Waals surface area contributed by atoms with E-state index in [-0.39, 0.29) is 5.78 Å². The van der Waals surface area contributed by atoms with Crippen LogP contribution in [0.15, 0.2) is 38.6 Å².